The molecule has 1 rings (SSSR count). The van der Waals surface area contributed by atoms with E-state index in [1.807, 2.05) is 0 Å². The van der Waals surface area contributed by atoms with Gasteiger partial charge in [0.25, 0.3) is 0 Å². The summed E-state index contributed by atoms with van der Waals surface area (Å²) in [6.07, 6.45) is -2.09. The fourth-order valence-electron chi connectivity index (χ4n) is 1.14. The van der Waals surface area contributed by atoms with E-state index in [0.717, 1.165) is 6.08 Å². The number of carbonyl (C=O) groups is 2. The van der Waals surface area contributed by atoms with E-state index in [2.05, 4.69) is 5.32 Å². The second-order valence-corrected chi connectivity index (χ2v) is 4.83. The normalized spacial score (nSPS) is 11.6. The Morgan fingerprint density at radius 1 is 1.30 bits per heavy atom. The van der Waals surface area contributed by atoms with Crippen LogP contribution in [0, 0.1) is 0 Å². The van der Waals surface area contributed by atoms with Crippen molar-refractivity contribution in [3.63, 3.8) is 0 Å². The van der Waals surface area contributed by atoms with Crippen LogP contribution in [0.2, 0.25) is 0 Å². The molecule has 0 unspecified atom stereocenters. The third-order valence-electron chi connectivity index (χ3n) is 1.95. The molecular formula is C11H11F3N2O3S. The zero-order chi connectivity index (χ0) is 15.2. The first-order valence-corrected chi connectivity index (χ1v) is 6.16. The van der Waals surface area contributed by atoms with Gasteiger partial charge in [-0.2, -0.15) is 13.2 Å². The van der Waals surface area contributed by atoms with E-state index in [0.29, 0.717) is 9.75 Å². The Bertz CT molecular complexity index is 511. The van der Waals surface area contributed by atoms with E-state index in [4.69, 9.17) is 5.11 Å². The van der Waals surface area contributed by atoms with E-state index in [-0.39, 0.29) is 6.54 Å². The standard InChI is InChI=1S/C11H11F3N2O3S/c12-11(13,14)6-16-10(19)15-5-8-2-1-7(20-8)3-4-9(17)18/h1-4H,5-6H2,(H,17,18)(H2,15,16,19)/b4-3+. The SMILES string of the molecule is O=C(O)/C=C/c1ccc(CNC(=O)NCC(F)(F)F)s1. The molecule has 0 aliphatic rings. The minimum atomic E-state index is -4.45. The first-order valence-electron chi connectivity index (χ1n) is 5.34. The Morgan fingerprint density at radius 2 is 2.00 bits per heavy atom. The van der Waals surface area contributed by atoms with Crippen LogP contribution in [0.5, 0.6) is 0 Å². The molecule has 0 saturated heterocycles. The molecule has 0 spiro atoms. The van der Waals surface area contributed by atoms with Crippen LogP contribution in [0.15, 0.2) is 18.2 Å². The molecule has 0 aliphatic heterocycles. The first kappa shape index (κ1) is 16.0. The molecule has 0 radical (unpaired) electrons. The zero-order valence-corrected chi connectivity index (χ0v) is 10.8. The van der Waals surface area contributed by atoms with Gasteiger partial charge in [0.05, 0.1) is 6.54 Å². The molecule has 0 bridgehead atoms. The molecule has 0 fully saturated rings. The van der Waals surface area contributed by atoms with Gasteiger partial charge in [-0.1, -0.05) is 0 Å². The number of hydrogen-bond acceptors (Lipinski definition) is 3. The lowest BCUT2D eigenvalue weighted by Crippen LogP contribution is -2.40. The average molecular weight is 308 g/mol. The van der Waals surface area contributed by atoms with Crippen molar-refractivity contribution in [2.45, 2.75) is 12.7 Å². The zero-order valence-electron chi connectivity index (χ0n) is 10.0. The minimum absolute atomic E-state index is 0.0648. The minimum Gasteiger partial charge on any atom is -0.478 e. The Hall–Kier alpha value is -2.03. The van der Waals surface area contributed by atoms with Crippen molar-refractivity contribution < 1.29 is 27.9 Å². The fraction of sp³-hybridized carbons (Fsp3) is 0.273. The van der Waals surface area contributed by atoms with E-state index in [9.17, 15) is 22.8 Å². The van der Waals surface area contributed by atoms with Crippen LogP contribution in [0.1, 0.15) is 9.75 Å². The molecule has 0 aromatic carbocycles. The number of rotatable bonds is 5. The highest BCUT2D eigenvalue weighted by Gasteiger charge is 2.27. The average Bonchev–Trinajstić information content (AvgIpc) is 2.78. The molecule has 1 aromatic rings. The summed E-state index contributed by atoms with van der Waals surface area (Å²) in [5.41, 5.74) is 0. The summed E-state index contributed by atoms with van der Waals surface area (Å²) in [7, 11) is 0. The van der Waals surface area contributed by atoms with E-state index in [1.54, 1.807) is 17.4 Å². The molecule has 20 heavy (non-hydrogen) atoms. The summed E-state index contributed by atoms with van der Waals surface area (Å²) in [5, 5.41) is 12.4. The Kier molecular flexibility index (Phi) is 5.56. The lowest BCUT2D eigenvalue weighted by atomic mass is 10.4. The number of halogens is 3. The number of carboxylic acids is 1. The van der Waals surface area contributed by atoms with Gasteiger partial charge in [0.15, 0.2) is 0 Å². The highest BCUT2D eigenvalue weighted by Crippen LogP contribution is 2.17. The summed E-state index contributed by atoms with van der Waals surface area (Å²) in [4.78, 5) is 22.7. The second-order valence-electron chi connectivity index (χ2n) is 3.63. The van der Waals surface area contributed by atoms with E-state index < -0.39 is 24.7 Å². The summed E-state index contributed by atoms with van der Waals surface area (Å²) in [6, 6.07) is 2.38. The van der Waals surface area contributed by atoms with Crippen molar-refractivity contribution in [3.05, 3.63) is 28.0 Å². The monoisotopic (exact) mass is 308 g/mol. The number of carbonyl (C=O) groups excluding carboxylic acids is 1. The summed E-state index contributed by atoms with van der Waals surface area (Å²) >= 11 is 1.23. The molecule has 1 heterocycles. The molecule has 9 heteroatoms. The Balaban J connectivity index is 2.39. The topological polar surface area (TPSA) is 78.4 Å². The quantitative estimate of drug-likeness (QED) is 0.730. The van der Waals surface area contributed by atoms with Crippen LogP contribution in [0.25, 0.3) is 6.08 Å². The van der Waals surface area contributed by atoms with Gasteiger partial charge in [-0.3, -0.25) is 0 Å². The molecular weight excluding hydrogens is 297 g/mol. The van der Waals surface area contributed by atoms with E-state index in [1.165, 1.54) is 17.4 Å². The Labute approximate surface area is 116 Å². The van der Waals surface area contributed by atoms with Crippen LogP contribution in [-0.2, 0) is 11.3 Å². The molecule has 3 N–H and O–H groups in total. The maximum Gasteiger partial charge on any atom is 0.405 e. The first-order chi connectivity index (χ1) is 9.26. The predicted molar refractivity (Wildman–Crippen MR) is 67.3 cm³/mol. The van der Waals surface area contributed by atoms with Crippen LogP contribution in [0.4, 0.5) is 18.0 Å². The van der Waals surface area contributed by atoms with E-state index >= 15 is 0 Å². The van der Waals surface area contributed by atoms with Crippen molar-refractivity contribution in [2.75, 3.05) is 6.54 Å². The highest BCUT2D eigenvalue weighted by molar-refractivity contribution is 7.12. The summed E-state index contributed by atoms with van der Waals surface area (Å²) < 4.78 is 35.5. The highest BCUT2D eigenvalue weighted by atomic mass is 32.1. The third kappa shape index (κ3) is 6.78. The molecule has 1 aromatic heterocycles. The number of carboxylic acid groups (broad SMARTS) is 1. The van der Waals surface area contributed by atoms with Gasteiger partial charge in [0.2, 0.25) is 0 Å². The summed E-state index contributed by atoms with van der Waals surface area (Å²) in [5.74, 6) is -1.08. The van der Waals surface area contributed by atoms with Crippen molar-refractivity contribution in [1.82, 2.24) is 10.6 Å². The molecule has 5 nitrogen and oxygen atoms in total. The van der Waals surface area contributed by atoms with Crippen LogP contribution >= 0.6 is 11.3 Å². The number of thiophene rings is 1. The van der Waals surface area contributed by atoms with Crippen LogP contribution < -0.4 is 10.6 Å². The van der Waals surface area contributed by atoms with Gasteiger partial charge < -0.3 is 15.7 Å². The maximum absolute atomic E-state index is 11.8. The number of amides is 2. The molecule has 2 amide bonds. The van der Waals surface area contributed by atoms with Crippen LogP contribution in [0.3, 0.4) is 0 Å². The lowest BCUT2D eigenvalue weighted by Gasteiger charge is -2.08. The molecule has 0 aliphatic carbocycles. The molecule has 110 valence electrons. The largest absolute Gasteiger partial charge is 0.478 e. The maximum atomic E-state index is 11.8. The van der Waals surface area contributed by atoms with Gasteiger partial charge in [0, 0.05) is 15.8 Å². The van der Waals surface area contributed by atoms with Crippen molar-refractivity contribution >= 4 is 29.4 Å². The molecule has 0 saturated carbocycles. The van der Waals surface area contributed by atoms with Crippen molar-refractivity contribution in [3.8, 4) is 0 Å². The lowest BCUT2D eigenvalue weighted by molar-refractivity contribution is -0.131. The van der Waals surface area contributed by atoms with Gasteiger partial charge in [-0.05, 0) is 18.2 Å². The number of nitrogens with one attached hydrogen (secondary N) is 2. The fourth-order valence-corrected chi connectivity index (χ4v) is 2.00. The molecule has 0 atom stereocenters. The van der Waals surface area contributed by atoms with Gasteiger partial charge in [0.1, 0.15) is 6.54 Å². The van der Waals surface area contributed by atoms with Gasteiger partial charge in [-0.25, -0.2) is 9.59 Å². The van der Waals surface area contributed by atoms with Gasteiger partial charge >= 0.3 is 18.2 Å². The van der Waals surface area contributed by atoms with Crippen molar-refractivity contribution in [2.24, 2.45) is 0 Å². The number of aliphatic carboxylic acids is 1. The Morgan fingerprint density at radius 3 is 2.60 bits per heavy atom. The smallest absolute Gasteiger partial charge is 0.405 e. The van der Waals surface area contributed by atoms with Crippen LogP contribution in [-0.4, -0.2) is 29.8 Å². The van der Waals surface area contributed by atoms with Gasteiger partial charge in [-0.15, -0.1) is 11.3 Å². The predicted octanol–water partition coefficient (Wildman–Crippen LogP) is 2.21. The number of alkyl halides is 3. The third-order valence-corrected chi connectivity index (χ3v) is 3.00. The number of hydrogen-bond donors (Lipinski definition) is 3. The second kappa shape index (κ2) is 6.94. The number of urea groups is 1. The van der Waals surface area contributed by atoms with Crippen molar-refractivity contribution in [1.29, 1.82) is 0 Å². The summed E-state index contributed by atoms with van der Waals surface area (Å²) in [6.45, 7) is -1.33.